The maximum Gasteiger partial charge on any atom is 0.305 e. The number of carboxylic acid groups (broad SMARTS) is 1. The van der Waals surface area contributed by atoms with Crippen molar-refractivity contribution in [1.29, 1.82) is 0 Å². The highest BCUT2D eigenvalue weighted by Crippen LogP contribution is 2.36. The Morgan fingerprint density at radius 3 is 2.52 bits per heavy atom. The molecule has 2 rings (SSSR count). The van der Waals surface area contributed by atoms with Gasteiger partial charge in [0, 0.05) is 15.7 Å². The molecule has 1 aliphatic rings. The van der Waals surface area contributed by atoms with E-state index in [1.165, 1.54) is 0 Å². The molecule has 114 valence electrons. The number of carboxylic acids is 1. The number of hydrogen-bond acceptors (Lipinski definition) is 3. The number of carbonyl (C=O) groups is 2. The second-order valence-electron chi connectivity index (χ2n) is 5.56. The molecule has 0 unspecified atom stereocenters. The van der Waals surface area contributed by atoms with E-state index in [1.54, 1.807) is 18.2 Å². The van der Waals surface area contributed by atoms with Crippen LogP contribution < -0.4 is 11.1 Å². The first-order valence-corrected chi connectivity index (χ1v) is 7.81. The lowest BCUT2D eigenvalue weighted by atomic mass is 9.79. The van der Waals surface area contributed by atoms with E-state index in [1.807, 2.05) is 0 Å². The van der Waals surface area contributed by atoms with Gasteiger partial charge in [0.1, 0.15) is 0 Å². The van der Waals surface area contributed by atoms with Crippen LogP contribution in [0, 0.1) is 0 Å². The van der Waals surface area contributed by atoms with E-state index in [0.29, 0.717) is 15.7 Å². The summed E-state index contributed by atoms with van der Waals surface area (Å²) >= 11 is 3.32. The fraction of sp³-hybridized carbons (Fsp3) is 0.467. The Balaban J connectivity index is 2.35. The van der Waals surface area contributed by atoms with Crippen molar-refractivity contribution in [3.05, 3.63) is 28.2 Å². The molecule has 5 nitrogen and oxygen atoms in total. The Labute approximate surface area is 132 Å². The average molecular weight is 355 g/mol. The Kier molecular flexibility index (Phi) is 4.88. The molecule has 1 aromatic rings. The minimum Gasteiger partial charge on any atom is -0.481 e. The molecule has 1 saturated carbocycles. The van der Waals surface area contributed by atoms with Gasteiger partial charge in [-0.05, 0) is 40.9 Å². The third-order valence-corrected chi connectivity index (χ3v) is 4.62. The summed E-state index contributed by atoms with van der Waals surface area (Å²) < 4.78 is 0.612. The summed E-state index contributed by atoms with van der Waals surface area (Å²) in [6.45, 7) is 0. The van der Waals surface area contributed by atoms with Crippen molar-refractivity contribution >= 4 is 33.5 Å². The van der Waals surface area contributed by atoms with Crippen LogP contribution in [0.1, 0.15) is 48.9 Å². The summed E-state index contributed by atoms with van der Waals surface area (Å²) in [5, 5.41) is 12.5. The molecule has 0 saturated heterocycles. The lowest BCUT2D eigenvalue weighted by Crippen LogP contribution is -2.42. The summed E-state index contributed by atoms with van der Waals surface area (Å²) in [5.74, 6) is -1.37. The molecule has 0 aromatic heterocycles. The first kappa shape index (κ1) is 15.8. The van der Waals surface area contributed by atoms with Crippen molar-refractivity contribution in [1.82, 2.24) is 0 Å². The van der Waals surface area contributed by atoms with Gasteiger partial charge in [-0.3, -0.25) is 9.59 Å². The summed E-state index contributed by atoms with van der Waals surface area (Å²) in [7, 11) is 0. The van der Waals surface area contributed by atoms with E-state index >= 15 is 0 Å². The number of anilines is 1. The molecule has 0 spiro atoms. The Bertz CT molecular complexity index is 554. The van der Waals surface area contributed by atoms with Crippen LogP contribution >= 0.6 is 15.9 Å². The number of carbonyl (C=O) groups excluding carboxylic acids is 1. The van der Waals surface area contributed by atoms with E-state index in [-0.39, 0.29) is 6.42 Å². The number of halogens is 1. The van der Waals surface area contributed by atoms with E-state index < -0.39 is 17.4 Å². The largest absolute Gasteiger partial charge is 0.481 e. The van der Waals surface area contributed by atoms with Gasteiger partial charge in [0.15, 0.2) is 0 Å². The van der Waals surface area contributed by atoms with E-state index in [9.17, 15) is 14.7 Å². The van der Waals surface area contributed by atoms with E-state index in [0.717, 1.165) is 32.1 Å². The number of nitrogens with one attached hydrogen (secondary N) is 1. The standard InChI is InChI=1S/C15H19BrN2O3/c16-10-5-4-6-11(13(10)14(17)21)18-15(9-12(19)20)7-2-1-3-8-15/h4-6,18H,1-3,7-9H2,(H2,17,21)(H,19,20). The number of rotatable bonds is 5. The number of nitrogens with two attached hydrogens (primary N) is 1. The molecule has 1 aliphatic carbocycles. The van der Waals surface area contributed by atoms with Crippen LogP contribution in [0.5, 0.6) is 0 Å². The van der Waals surface area contributed by atoms with Crippen LogP contribution in [-0.4, -0.2) is 22.5 Å². The normalized spacial score (nSPS) is 17.2. The van der Waals surface area contributed by atoms with Crippen molar-refractivity contribution < 1.29 is 14.7 Å². The molecule has 0 heterocycles. The van der Waals surface area contributed by atoms with Gasteiger partial charge in [-0.2, -0.15) is 0 Å². The monoisotopic (exact) mass is 354 g/mol. The minimum atomic E-state index is -0.833. The zero-order valence-electron chi connectivity index (χ0n) is 11.7. The van der Waals surface area contributed by atoms with Crippen LogP contribution in [-0.2, 0) is 4.79 Å². The predicted octanol–water partition coefficient (Wildman–Crippen LogP) is 3.14. The fourth-order valence-corrected chi connectivity index (χ4v) is 3.59. The Morgan fingerprint density at radius 1 is 1.29 bits per heavy atom. The second-order valence-corrected chi connectivity index (χ2v) is 6.42. The lowest BCUT2D eigenvalue weighted by molar-refractivity contribution is -0.138. The van der Waals surface area contributed by atoms with Gasteiger partial charge in [-0.15, -0.1) is 0 Å². The highest BCUT2D eigenvalue weighted by Gasteiger charge is 2.35. The third kappa shape index (κ3) is 3.75. The maximum absolute atomic E-state index is 11.6. The smallest absolute Gasteiger partial charge is 0.305 e. The van der Waals surface area contributed by atoms with Gasteiger partial charge in [-0.25, -0.2) is 0 Å². The zero-order chi connectivity index (χ0) is 15.5. The van der Waals surface area contributed by atoms with Crippen LogP contribution in [0.25, 0.3) is 0 Å². The van der Waals surface area contributed by atoms with Crippen molar-refractivity contribution in [2.45, 2.75) is 44.1 Å². The molecule has 0 radical (unpaired) electrons. The number of hydrogen-bond donors (Lipinski definition) is 3. The molecular formula is C15H19BrN2O3. The number of amides is 1. The quantitative estimate of drug-likeness (QED) is 0.757. The van der Waals surface area contributed by atoms with Gasteiger partial charge in [-0.1, -0.05) is 25.3 Å². The SMILES string of the molecule is NC(=O)c1c(Br)cccc1NC1(CC(=O)O)CCCCC1. The summed E-state index contributed by atoms with van der Waals surface area (Å²) in [5.41, 5.74) is 5.90. The van der Waals surface area contributed by atoms with E-state index in [2.05, 4.69) is 21.2 Å². The molecule has 1 aromatic carbocycles. The van der Waals surface area contributed by atoms with Crippen molar-refractivity contribution in [2.24, 2.45) is 5.73 Å². The van der Waals surface area contributed by atoms with Crippen LogP contribution in [0.2, 0.25) is 0 Å². The second kappa shape index (κ2) is 6.47. The van der Waals surface area contributed by atoms with Gasteiger partial charge in [0.05, 0.1) is 12.0 Å². The van der Waals surface area contributed by atoms with Crippen molar-refractivity contribution in [3.8, 4) is 0 Å². The van der Waals surface area contributed by atoms with Gasteiger partial charge in [0.25, 0.3) is 5.91 Å². The minimum absolute atomic E-state index is 0.0394. The first-order chi connectivity index (χ1) is 9.93. The predicted molar refractivity (Wildman–Crippen MR) is 84.4 cm³/mol. The zero-order valence-corrected chi connectivity index (χ0v) is 13.3. The van der Waals surface area contributed by atoms with Crippen LogP contribution in [0.15, 0.2) is 22.7 Å². The van der Waals surface area contributed by atoms with Gasteiger partial charge >= 0.3 is 5.97 Å². The molecule has 0 atom stereocenters. The van der Waals surface area contributed by atoms with Gasteiger partial charge in [0.2, 0.25) is 0 Å². The molecule has 0 bridgehead atoms. The van der Waals surface area contributed by atoms with E-state index in [4.69, 9.17) is 5.73 Å². The van der Waals surface area contributed by atoms with Crippen molar-refractivity contribution in [2.75, 3.05) is 5.32 Å². The number of primary amides is 1. The molecule has 1 amide bonds. The maximum atomic E-state index is 11.6. The highest BCUT2D eigenvalue weighted by atomic mass is 79.9. The van der Waals surface area contributed by atoms with Crippen LogP contribution in [0.4, 0.5) is 5.69 Å². The number of benzene rings is 1. The summed E-state index contributed by atoms with van der Waals surface area (Å²) in [6, 6.07) is 5.31. The summed E-state index contributed by atoms with van der Waals surface area (Å²) in [4.78, 5) is 22.9. The highest BCUT2D eigenvalue weighted by molar-refractivity contribution is 9.10. The number of aliphatic carboxylic acids is 1. The molecule has 21 heavy (non-hydrogen) atoms. The van der Waals surface area contributed by atoms with Crippen LogP contribution in [0.3, 0.4) is 0 Å². The Hall–Kier alpha value is -1.56. The summed E-state index contributed by atoms with van der Waals surface area (Å²) in [6.07, 6.45) is 4.69. The first-order valence-electron chi connectivity index (χ1n) is 7.02. The van der Waals surface area contributed by atoms with Gasteiger partial charge < -0.3 is 16.2 Å². The third-order valence-electron chi connectivity index (χ3n) is 3.96. The Morgan fingerprint density at radius 2 is 1.95 bits per heavy atom. The molecule has 1 fully saturated rings. The van der Waals surface area contributed by atoms with Crippen molar-refractivity contribution in [3.63, 3.8) is 0 Å². The average Bonchev–Trinajstić information content (AvgIpc) is 2.38. The fourth-order valence-electron chi connectivity index (χ4n) is 3.03. The topological polar surface area (TPSA) is 92.4 Å². The molecule has 0 aliphatic heterocycles. The molecule has 6 heteroatoms. The lowest BCUT2D eigenvalue weighted by Gasteiger charge is -2.38. The molecular weight excluding hydrogens is 336 g/mol. The molecule has 4 N–H and O–H groups in total.